The van der Waals surface area contributed by atoms with Gasteiger partial charge in [0.05, 0.1) is 6.54 Å². The van der Waals surface area contributed by atoms with Gasteiger partial charge in [-0.3, -0.25) is 15.0 Å². The highest BCUT2D eigenvalue weighted by Crippen LogP contribution is 2.20. The summed E-state index contributed by atoms with van der Waals surface area (Å²) >= 11 is 0. The van der Waals surface area contributed by atoms with Gasteiger partial charge in [-0.2, -0.15) is 0 Å². The van der Waals surface area contributed by atoms with Gasteiger partial charge >= 0.3 is 5.91 Å². The predicted octanol–water partition coefficient (Wildman–Crippen LogP) is 1.03. The van der Waals surface area contributed by atoms with E-state index in [1.54, 1.807) is 17.0 Å². The van der Waals surface area contributed by atoms with Crippen molar-refractivity contribution in [1.82, 2.24) is 10.3 Å². The number of furan rings is 1. The highest BCUT2D eigenvalue weighted by molar-refractivity contribution is 5.90. The van der Waals surface area contributed by atoms with Gasteiger partial charge in [0, 0.05) is 13.0 Å². The van der Waals surface area contributed by atoms with E-state index in [1.165, 1.54) is 0 Å². The van der Waals surface area contributed by atoms with Gasteiger partial charge in [0.25, 0.3) is 0 Å². The Morgan fingerprint density at radius 2 is 2.32 bits per heavy atom. The summed E-state index contributed by atoms with van der Waals surface area (Å²) in [7, 11) is 0. The van der Waals surface area contributed by atoms with Crippen molar-refractivity contribution >= 4 is 11.8 Å². The van der Waals surface area contributed by atoms with Crippen LogP contribution < -0.4 is 11.3 Å². The Kier molecular flexibility index (Phi) is 4.21. The third-order valence-electron chi connectivity index (χ3n) is 3.46. The van der Waals surface area contributed by atoms with Gasteiger partial charge in [0.1, 0.15) is 5.76 Å². The molecule has 1 aliphatic rings. The number of nitrogens with one attached hydrogen (secondary N) is 1. The first-order valence-corrected chi connectivity index (χ1v) is 6.47. The Morgan fingerprint density at radius 3 is 3.05 bits per heavy atom. The molecular weight excluding hydrogens is 246 g/mol. The summed E-state index contributed by atoms with van der Waals surface area (Å²) in [5, 5.41) is 0. The maximum atomic E-state index is 11.9. The van der Waals surface area contributed by atoms with E-state index >= 15 is 0 Å². The molecule has 0 aromatic carbocycles. The lowest BCUT2D eigenvalue weighted by Crippen LogP contribution is -2.30. The second-order valence-corrected chi connectivity index (χ2v) is 4.99. The molecule has 6 heteroatoms. The van der Waals surface area contributed by atoms with E-state index < -0.39 is 5.91 Å². The van der Waals surface area contributed by atoms with E-state index in [-0.39, 0.29) is 11.7 Å². The lowest BCUT2D eigenvalue weighted by Gasteiger charge is -2.19. The molecule has 2 amide bonds. The third kappa shape index (κ3) is 3.35. The fraction of sp³-hybridized carbons (Fsp3) is 0.538. The Balaban J connectivity index is 2.01. The minimum atomic E-state index is -0.470. The zero-order valence-electron chi connectivity index (χ0n) is 11.0. The molecule has 0 aliphatic carbocycles. The van der Waals surface area contributed by atoms with E-state index in [1.807, 2.05) is 5.43 Å². The van der Waals surface area contributed by atoms with Crippen LogP contribution >= 0.6 is 0 Å². The molecule has 19 heavy (non-hydrogen) atoms. The van der Waals surface area contributed by atoms with Crippen LogP contribution in [0.1, 0.15) is 42.5 Å². The molecule has 1 fully saturated rings. The molecule has 1 aromatic rings. The summed E-state index contributed by atoms with van der Waals surface area (Å²) in [6.07, 6.45) is 2.52. The number of likely N-dealkylation sites (tertiary alicyclic amines) is 1. The van der Waals surface area contributed by atoms with Gasteiger partial charge in [-0.05, 0) is 30.9 Å². The lowest BCUT2D eigenvalue weighted by molar-refractivity contribution is -0.131. The van der Waals surface area contributed by atoms with Crippen LogP contribution in [0.5, 0.6) is 0 Å². The first-order valence-electron chi connectivity index (χ1n) is 6.47. The van der Waals surface area contributed by atoms with Crippen molar-refractivity contribution in [3.63, 3.8) is 0 Å². The number of nitrogen functional groups attached to an aromatic ring is 1. The molecule has 0 spiro atoms. The maximum Gasteiger partial charge on any atom is 0.300 e. The Hall–Kier alpha value is -1.82. The molecule has 3 N–H and O–H groups in total. The van der Waals surface area contributed by atoms with Crippen molar-refractivity contribution in [3.05, 3.63) is 23.7 Å². The zero-order chi connectivity index (χ0) is 13.8. The number of carbonyl (C=O) groups excluding carboxylic acids is 2. The lowest BCUT2D eigenvalue weighted by atomic mass is 10.0. The van der Waals surface area contributed by atoms with Gasteiger partial charge in [-0.25, -0.2) is 5.84 Å². The van der Waals surface area contributed by atoms with Crippen LogP contribution in [-0.2, 0) is 11.3 Å². The molecule has 0 radical (unpaired) electrons. The van der Waals surface area contributed by atoms with Crippen molar-refractivity contribution < 1.29 is 14.0 Å². The first kappa shape index (κ1) is 13.6. The number of nitrogens with zero attached hydrogens (tertiary/aromatic N) is 1. The molecule has 1 saturated heterocycles. The van der Waals surface area contributed by atoms with Gasteiger partial charge in [0.15, 0.2) is 5.76 Å². The van der Waals surface area contributed by atoms with Crippen LogP contribution in [0, 0.1) is 5.92 Å². The molecule has 2 heterocycles. The smallest absolute Gasteiger partial charge is 0.300 e. The quantitative estimate of drug-likeness (QED) is 0.485. The molecule has 1 atom stereocenters. The first-order chi connectivity index (χ1) is 9.10. The summed E-state index contributed by atoms with van der Waals surface area (Å²) in [4.78, 5) is 25.0. The van der Waals surface area contributed by atoms with E-state index in [0.29, 0.717) is 24.6 Å². The predicted molar refractivity (Wildman–Crippen MR) is 68.8 cm³/mol. The summed E-state index contributed by atoms with van der Waals surface area (Å²) in [6.45, 7) is 3.30. The molecule has 2 rings (SSSR count). The van der Waals surface area contributed by atoms with E-state index in [9.17, 15) is 9.59 Å². The minimum Gasteiger partial charge on any atom is -0.454 e. The van der Waals surface area contributed by atoms with Crippen LogP contribution in [0.25, 0.3) is 0 Å². The summed E-state index contributed by atoms with van der Waals surface area (Å²) in [6, 6.07) is 3.26. The number of rotatable bonds is 3. The highest BCUT2D eigenvalue weighted by Gasteiger charge is 2.21. The van der Waals surface area contributed by atoms with E-state index in [0.717, 1.165) is 19.4 Å². The monoisotopic (exact) mass is 265 g/mol. The van der Waals surface area contributed by atoms with Crippen molar-refractivity contribution in [1.29, 1.82) is 0 Å². The van der Waals surface area contributed by atoms with Crippen LogP contribution in [0.3, 0.4) is 0 Å². The second kappa shape index (κ2) is 5.88. The molecule has 1 aliphatic heterocycles. The van der Waals surface area contributed by atoms with E-state index in [4.69, 9.17) is 10.3 Å². The van der Waals surface area contributed by atoms with E-state index in [2.05, 4.69) is 6.92 Å². The fourth-order valence-corrected chi connectivity index (χ4v) is 2.18. The van der Waals surface area contributed by atoms with Crippen LogP contribution in [0.15, 0.2) is 16.5 Å². The Morgan fingerprint density at radius 1 is 1.53 bits per heavy atom. The summed E-state index contributed by atoms with van der Waals surface area (Å²) in [5.74, 6) is 6.04. The van der Waals surface area contributed by atoms with Crippen LogP contribution in [0.4, 0.5) is 0 Å². The molecule has 1 unspecified atom stereocenters. The fourth-order valence-electron chi connectivity index (χ4n) is 2.18. The average Bonchev–Trinajstić information content (AvgIpc) is 2.82. The normalized spacial score (nSPS) is 20.2. The standard InChI is InChI=1S/C13H19N3O3/c1-9-2-5-12(17)16(7-6-9)8-10-3-4-11(19-10)13(18)15-14/h3-4,9H,2,5-8,14H2,1H3,(H,15,18). The molecule has 104 valence electrons. The molecule has 1 aromatic heterocycles. The molecular formula is C13H19N3O3. The largest absolute Gasteiger partial charge is 0.454 e. The minimum absolute atomic E-state index is 0.144. The summed E-state index contributed by atoms with van der Waals surface area (Å²) < 4.78 is 5.37. The number of amides is 2. The zero-order valence-corrected chi connectivity index (χ0v) is 11.0. The van der Waals surface area contributed by atoms with Gasteiger partial charge < -0.3 is 9.32 Å². The third-order valence-corrected chi connectivity index (χ3v) is 3.46. The number of hydrazine groups is 1. The van der Waals surface area contributed by atoms with Crippen molar-refractivity contribution in [2.45, 2.75) is 32.7 Å². The van der Waals surface area contributed by atoms with Gasteiger partial charge in [-0.15, -0.1) is 0 Å². The van der Waals surface area contributed by atoms with Gasteiger partial charge in [0.2, 0.25) is 5.91 Å². The van der Waals surface area contributed by atoms with Crippen molar-refractivity contribution in [3.8, 4) is 0 Å². The number of nitrogens with two attached hydrogens (primary N) is 1. The highest BCUT2D eigenvalue weighted by atomic mass is 16.4. The molecule has 0 bridgehead atoms. The van der Waals surface area contributed by atoms with Crippen LogP contribution in [-0.4, -0.2) is 23.3 Å². The van der Waals surface area contributed by atoms with Gasteiger partial charge in [-0.1, -0.05) is 6.92 Å². The maximum absolute atomic E-state index is 11.9. The number of carbonyl (C=O) groups is 2. The second-order valence-electron chi connectivity index (χ2n) is 4.99. The Bertz CT molecular complexity index is 469. The number of hydrogen-bond acceptors (Lipinski definition) is 4. The average molecular weight is 265 g/mol. The Labute approximate surface area is 111 Å². The van der Waals surface area contributed by atoms with Crippen molar-refractivity contribution in [2.75, 3.05) is 6.54 Å². The summed E-state index contributed by atoms with van der Waals surface area (Å²) in [5.41, 5.74) is 2.01. The molecule has 0 saturated carbocycles. The molecule has 6 nitrogen and oxygen atoms in total. The topological polar surface area (TPSA) is 88.6 Å². The van der Waals surface area contributed by atoms with Crippen molar-refractivity contribution in [2.24, 2.45) is 11.8 Å². The SMILES string of the molecule is CC1CCC(=O)N(Cc2ccc(C(=O)NN)o2)CC1. The van der Waals surface area contributed by atoms with Crippen LogP contribution in [0.2, 0.25) is 0 Å². The number of hydrogen-bond donors (Lipinski definition) is 2.